The summed E-state index contributed by atoms with van der Waals surface area (Å²) < 4.78 is 1.93. The molecule has 0 radical (unpaired) electrons. The number of nitrogens with one attached hydrogen (secondary N) is 1. The molecule has 5 nitrogen and oxygen atoms in total. The lowest BCUT2D eigenvalue weighted by atomic mass is 10.2. The van der Waals surface area contributed by atoms with Gasteiger partial charge in [0.15, 0.2) is 8.68 Å². The van der Waals surface area contributed by atoms with Crippen LogP contribution in [0.4, 0.5) is 0 Å². The highest BCUT2D eigenvalue weighted by atomic mass is 32.2. The molecule has 0 saturated heterocycles. The number of nitrogens with two attached hydrogens (primary N) is 1. The Bertz CT molecular complexity index is 408. The summed E-state index contributed by atoms with van der Waals surface area (Å²) in [7, 11) is 0. The minimum Gasteiger partial charge on any atom is -0.368 e. The lowest BCUT2D eigenvalue weighted by Gasteiger charge is -2.13. The van der Waals surface area contributed by atoms with Crippen molar-refractivity contribution in [2.24, 2.45) is 5.73 Å². The van der Waals surface area contributed by atoms with E-state index in [9.17, 15) is 4.79 Å². The van der Waals surface area contributed by atoms with Crippen LogP contribution in [0.1, 0.15) is 19.3 Å². The quantitative estimate of drug-likeness (QED) is 0.706. The third-order valence-electron chi connectivity index (χ3n) is 2.55. The van der Waals surface area contributed by atoms with E-state index in [1.54, 1.807) is 34.9 Å². The highest BCUT2D eigenvalue weighted by Crippen LogP contribution is 2.28. The monoisotopic (exact) mass is 304 g/mol. The Kier molecular flexibility index (Phi) is 5.28. The maximum Gasteiger partial charge on any atom is 0.234 e. The summed E-state index contributed by atoms with van der Waals surface area (Å²) in [6, 6.07) is 0.287. The van der Waals surface area contributed by atoms with Gasteiger partial charge in [-0.2, -0.15) is 0 Å². The molecule has 0 aliphatic heterocycles. The summed E-state index contributed by atoms with van der Waals surface area (Å²) in [4.78, 5) is 11.3. The van der Waals surface area contributed by atoms with Crippen LogP contribution in [0.15, 0.2) is 8.68 Å². The molecule has 1 fully saturated rings. The molecule has 1 atom stereocenters. The molecule has 8 heteroatoms. The molecule has 1 saturated carbocycles. The minimum atomic E-state index is -0.260. The summed E-state index contributed by atoms with van der Waals surface area (Å²) >= 11 is 4.82. The number of aromatic nitrogens is 2. The highest BCUT2D eigenvalue weighted by molar-refractivity contribution is 8.02. The first-order chi connectivity index (χ1) is 8.69. The summed E-state index contributed by atoms with van der Waals surface area (Å²) in [5, 5.41) is 11.4. The van der Waals surface area contributed by atoms with Gasteiger partial charge in [-0.3, -0.25) is 4.79 Å². The lowest BCUT2D eigenvalue weighted by Crippen LogP contribution is -2.42. The van der Waals surface area contributed by atoms with Gasteiger partial charge < -0.3 is 11.1 Å². The van der Waals surface area contributed by atoms with Crippen molar-refractivity contribution in [3.8, 4) is 0 Å². The van der Waals surface area contributed by atoms with Crippen molar-refractivity contribution >= 4 is 40.8 Å². The molecule has 0 bridgehead atoms. The largest absolute Gasteiger partial charge is 0.368 e. The molecular formula is C10H16N4OS3. The molecule has 1 unspecified atom stereocenters. The first kappa shape index (κ1) is 14.1. The van der Waals surface area contributed by atoms with E-state index >= 15 is 0 Å². The number of hydrogen-bond acceptors (Lipinski definition) is 7. The Labute approximate surface area is 119 Å². The van der Waals surface area contributed by atoms with Gasteiger partial charge in [0.25, 0.3) is 0 Å². The zero-order valence-corrected chi connectivity index (χ0v) is 12.5. The second-order valence-corrected chi connectivity index (χ2v) is 7.44. The topological polar surface area (TPSA) is 80.9 Å². The second-order valence-electron chi connectivity index (χ2n) is 4.07. The van der Waals surface area contributed by atoms with E-state index in [1.807, 2.05) is 6.26 Å². The van der Waals surface area contributed by atoms with Crippen LogP contribution in [-0.2, 0) is 4.79 Å². The average molecular weight is 304 g/mol. The van der Waals surface area contributed by atoms with Crippen LogP contribution in [0, 0.1) is 0 Å². The third kappa shape index (κ3) is 4.42. The van der Waals surface area contributed by atoms with Crippen LogP contribution < -0.4 is 11.1 Å². The van der Waals surface area contributed by atoms with Gasteiger partial charge in [-0.25, -0.2) is 0 Å². The summed E-state index contributed by atoms with van der Waals surface area (Å²) in [5.41, 5.74) is 5.38. The van der Waals surface area contributed by atoms with Crippen LogP contribution in [0.25, 0.3) is 0 Å². The van der Waals surface area contributed by atoms with Gasteiger partial charge in [0.1, 0.15) is 0 Å². The molecule has 1 heterocycles. The van der Waals surface area contributed by atoms with Crippen molar-refractivity contribution in [2.75, 3.05) is 12.0 Å². The number of amides is 1. The molecule has 1 aliphatic rings. The fraction of sp³-hybridized carbons (Fsp3) is 0.700. The smallest absolute Gasteiger partial charge is 0.234 e. The van der Waals surface area contributed by atoms with Gasteiger partial charge in [-0.15, -0.1) is 10.2 Å². The van der Waals surface area contributed by atoms with E-state index in [0.29, 0.717) is 6.04 Å². The van der Waals surface area contributed by atoms with E-state index in [-0.39, 0.29) is 11.9 Å². The Morgan fingerprint density at radius 1 is 1.56 bits per heavy atom. The summed E-state index contributed by atoms with van der Waals surface area (Å²) in [6.45, 7) is 0. The van der Waals surface area contributed by atoms with Crippen LogP contribution in [0.5, 0.6) is 0 Å². The van der Waals surface area contributed by atoms with Gasteiger partial charge in [0.2, 0.25) is 5.91 Å². The third-order valence-corrected chi connectivity index (χ3v) is 5.62. The summed E-state index contributed by atoms with van der Waals surface area (Å²) in [6.07, 6.45) is 5.04. The molecule has 1 aliphatic carbocycles. The zero-order chi connectivity index (χ0) is 13.0. The van der Waals surface area contributed by atoms with Crippen LogP contribution in [0.2, 0.25) is 0 Å². The Hall–Kier alpha value is -0.310. The van der Waals surface area contributed by atoms with Crippen molar-refractivity contribution < 1.29 is 4.79 Å². The number of carbonyl (C=O) groups is 1. The molecule has 0 spiro atoms. The predicted molar refractivity (Wildman–Crippen MR) is 76.2 cm³/mol. The van der Waals surface area contributed by atoms with Crippen molar-refractivity contribution in [3.63, 3.8) is 0 Å². The molecule has 100 valence electrons. The second kappa shape index (κ2) is 6.74. The molecule has 3 N–H and O–H groups in total. The van der Waals surface area contributed by atoms with Gasteiger partial charge in [0.05, 0.1) is 6.04 Å². The van der Waals surface area contributed by atoms with Gasteiger partial charge >= 0.3 is 0 Å². The minimum absolute atomic E-state index is 0.210. The fourth-order valence-corrected chi connectivity index (χ4v) is 3.96. The number of rotatable bonds is 8. The fourth-order valence-electron chi connectivity index (χ4n) is 1.44. The first-order valence-corrected chi connectivity index (χ1v) is 8.77. The average Bonchev–Trinajstić information content (AvgIpc) is 3.04. The van der Waals surface area contributed by atoms with Gasteiger partial charge in [-0.05, 0) is 25.5 Å². The maximum absolute atomic E-state index is 11.3. The van der Waals surface area contributed by atoms with E-state index in [0.717, 1.165) is 33.7 Å². The molecule has 1 aromatic heterocycles. The number of hydrogen-bond donors (Lipinski definition) is 2. The van der Waals surface area contributed by atoms with Crippen LogP contribution >= 0.6 is 34.9 Å². The predicted octanol–water partition coefficient (Wildman–Crippen LogP) is 1.35. The Morgan fingerprint density at radius 3 is 2.83 bits per heavy atom. The van der Waals surface area contributed by atoms with E-state index in [1.165, 1.54) is 0 Å². The molecule has 1 aromatic rings. The SMILES string of the molecule is CSc1nnc(SCCC(NC2CC2)C(N)=O)s1. The van der Waals surface area contributed by atoms with E-state index in [2.05, 4.69) is 15.5 Å². The molecule has 1 amide bonds. The first-order valence-electron chi connectivity index (χ1n) is 5.74. The van der Waals surface area contributed by atoms with E-state index in [4.69, 9.17) is 5.73 Å². The lowest BCUT2D eigenvalue weighted by molar-refractivity contribution is -0.120. The van der Waals surface area contributed by atoms with Crippen molar-refractivity contribution in [1.82, 2.24) is 15.5 Å². The Balaban J connectivity index is 1.73. The van der Waals surface area contributed by atoms with Crippen molar-refractivity contribution in [3.05, 3.63) is 0 Å². The number of nitrogens with zero attached hydrogens (tertiary/aromatic N) is 2. The highest BCUT2D eigenvalue weighted by Gasteiger charge is 2.26. The van der Waals surface area contributed by atoms with Gasteiger partial charge in [-0.1, -0.05) is 34.9 Å². The normalized spacial score (nSPS) is 16.7. The number of primary amides is 1. The maximum atomic E-state index is 11.3. The molecular weight excluding hydrogens is 288 g/mol. The zero-order valence-electron chi connectivity index (χ0n) is 10.1. The van der Waals surface area contributed by atoms with E-state index < -0.39 is 0 Å². The van der Waals surface area contributed by atoms with Crippen molar-refractivity contribution in [2.45, 2.75) is 40.0 Å². The number of thioether (sulfide) groups is 2. The molecule has 0 aromatic carbocycles. The van der Waals surface area contributed by atoms with Crippen LogP contribution in [-0.4, -0.2) is 40.2 Å². The van der Waals surface area contributed by atoms with Crippen LogP contribution in [0.3, 0.4) is 0 Å². The van der Waals surface area contributed by atoms with Crippen molar-refractivity contribution in [1.29, 1.82) is 0 Å². The Morgan fingerprint density at radius 2 is 2.28 bits per heavy atom. The summed E-state index contributed by atoms with van der Waals surface area (Å²) in [5.74, 6) is 0.570. The molecule has 2 rings (SSSR count). The molecule has 18 heavy (non-hydrogen) atoms. The standard InChI is InChI=1S/C10H16N4OS3/c1-16-9-13-14-10(18-9)17-5-4-7(8(11)15)12-6-2-3-6/h6-7,12H,2-5H2,1H3,(H2,11,15). The van der Waals surface area contributed by atoms with Gasteiger partial charge in [0, 0.05) is 11.8 Å². The number of carbonyl (C=O) groups excluding carboxylic acids is 1.